The SMILES string of the molecule is CC(C)(C)OC(=O)NN(C(=O)OC(C)(C)C)[C@](C)(C=O)[C@@H](SC(C)(C)C)c1ccccc1. The minimum atomic E-state index is -1.49. The number of carbonyl (C=O) groups excluding carboxylic acids is 3. The Morgan fingerprint density at radius 3 is 1.81 bits per heavy atom. The van der Waals surface area contributed by atoms with E-state index in [1.807, 2.05) is 51.1 Å². The second-order valence-electron chi connectivity index (χ2n) is 10.8. The van der Waals surface area contributed by atoms with Gasteiger partial charge in [0.15, 0.2) is 0 Å². The highest BCUT2D eigenvalue weighted by Gasteiger charge is 2.48. The molecule has 180 valence electrons. The Hall–Kier alpha value is -2.22. The summed E-state index contributed by atoms with van der Waals surface area (Å²) in [6.45, 7) is 18.0. The van der Waals surface area contributed by atoms with Gasteiger partial charge in [-0.1, -0.05) is 51.1 Å². The van der Waals surface area contributed by atoms with Crippen LogP contribution in [0.4, 0.5) is 9.59 Å². The fourth-order valence-electron chi connectivity index (χ4n) is 2.80. The number of thioether (sulfide) groups is 1. The van der Waals surface area contributed by atoms with E-state index in [0.29, 0.717) is 6.29 Å². The molecule has 0 saturated carbocycles. The first-order valence-corrected chi connectivity index (χ1v) is 11.5. The first-order chi connectivity index (χ1) is 14.4. The molecule has 1 rings (SSSR count). The highest BCUT2D eigenvalue weighted by atomic mass is 32.2. The second kappa shape index (κ2) is 10.1. The van der Waals surface area contributed by atoms with Crippen LogP contribution in [-0.2, 0) is 14.3 Å². The van der Waals surface area contributed by atoms with Crippen LogP contribution in [0, 0.1) is 0 Å². The van der Waals surface area contributed by atoms with Crippen molar-refractivity contribution in [2.45, 2.75) is 96.0 Å². The molecule has 0 fully saturated rings. The molecule has 1 aromatic rings. The number of nitrogens with one attached hydrogen (secondary N) is 1. The Balaban J connectivity index is 3.56. The summed E-state index contributed by atoms with van der Waals surface area (Å²) in [6.07, 6.45) is -1.04. The van der Waals surface area contributed by atoms with Crippen LogP contribution >= 0.6 is 11.8 Å². The summed E-state index contributed by atoms with van der Waals surface area (Å²) in [6, 6.07) is 9.41. The van der Waals surface area contributed by atoms with Crippen LogP contribution in [0.15, 0.2) is 30.3 Å². The number of aldehydes is 1. The van der Waals surface area contributed by atoms with Crippen molar-refractivity contribution < 1.29 is 23.9 Å². The van der Waals surface area contributed by atoms with Crippen LogP contribution in [0.5, 0.6) is 0 Å². The molecule has 0 aliphatic rings. The molecule has 0 unspecified atom stereocenters. The Morgan fingerprint density at radius 2 is 1.41 bits per heavy atom. The molecule has 0 aromatic heterocycles. The largest absolute Gasteiger partial charge is 0.443 e. The van der Waals surface area contributed by atoms with Crippen molar-refractivity contribution >= 4 is 30.2 Å². The molecule has 2 amide bonds. The van der Waals surface area contributed by atoms with Crippen molar-refractivity contribution in [2.24, 2.45) is 0 Å². The number of amides is 2. The Kier molecular flexibility index (Phi) is 8.82. The third-order valence-corrected chi connectivity index (χ3v) is 5.70. The zero-order valence-corrected chi connectivity index (χ0v) is 21.8. The number of ether oxygens (including phenoxy) is 2. The van der Waals surface area contributed by atoms with Gasteiger partial charge in [0.1, 0.15) is 23.0 Å². The third-order valence-electron chi connectivity index (χ3n) is 4.00. The van der Waals surface area contributed by atoms with Gasteiger partial charge >= 0.3 is 12.2 Å². The van der Waals surface area contributed by atoms with E-state index in [9.17, 15) is 14.4 Å². The van der Waals surface area contributed by atoms with E-state index in [-0.39, 0.29) is 4.75 Å². The average Bonchev–Trinajstić information content (AvgIpc) is 2.60. The van der Waals surface area contributed by atoms with Gasteiger partial charge in [-0.05, 0) is 54.0 Å². The van der Waals surface area contributed by atoms with Crippen molar-refractivity contribution in [3.8, 4) is 0 Å². The topological polar surface area (TPSA) is 84.9 Å². The quantitative estimate of drug-likeness (QED) is 0.430. The zero-order valence-electron chi connectivity index (χ0n) is 20.9. The number of hydrogen-bond acceptors (Lipinski definition) is 6. The van der Waals surface area contributed by atoms with Crippen LogP contribution in [0.3, 0.4) is 0 Å². The standard InChI is InChI=1S/C24H38N2O5S/c1-21(2,3)30-19(28)25-26(20(29)31-22(4,5)6)24(10,16-27)18(32-23(7,8)9)17-14-12-11-13-15-17/h11-16,18H,1-10H3,(H,25,28)/t18-,24+/m0/s1. The molecule has 0 aliphatic carbocycles. The van der Waals surface area contributed by atoms with Crippen molar-refractivity contribution in [3.05, 3.63) is 35.9 Å². The molecule has 2 atom stereocenters. The van der Waals surface area contributed by atoms with Crippen LogP contribution in [-0.4, -0.2) is 45.0 Å². The molecular formula is C24H38N2O5S. The molecule has 0 aliphatic heterocycles. The van der Waals surface area contributed by atoms with E-state index >= 15 is 0 Å². The van der Waals surface area contributed by atoms with Crippen LogP contribution < -0.4 is 5.43 Å². The highest BCUT2D eigenvalue weighted by molar-refractivity contribution is 8.00. The maximum atomic E-state index is 13.2. The fraction of sp³-hybridized carbons (Fsp3) is 0.625. The van der Waals surface area contributed by atoms with Gasteiger partial charge in [-0.2, -0.15) is 0 Å². The molecule has 7 nitrogen and oxygen atoms in total. The lowest BCUT2D eigenvalue weighted by atomic mass is 9.93. The van der Waals surface area contributed by atoms with Gasteiger partial charge in [0.25, 0.3) is 0 Å². The molecule has 0 bridgehead atoms. The highest BCUT2D eigenvalue weighted by Crippen LogP contribution is 2.46. The van der Waals surface area contributed by atoms with Crippen molar-refractivity contribution in [1.29, 1.82) is 0 Å². The number of rotatable bonds is 5. The summed E-state index contributed by atoms with van der Waals surface area (Å²) in [5.41, 5.74) is 0.193. The normalized spacial score (nSPS) is 15.2. The van der Waals surface area contributed by atoms with Gasteiger partial charge < -0.3 is 14.3 Å². The van der Waals surface area contributed by atoms with E-state index in [4.69, 9.17) is 9.47 Å². The lowest BCUT2D eigenvalue weighted by molar-refractivity contribution is -0.120. The van der Waals surface area contributed by atoms with Gasteiger partial charge in [0.2, 0.25) is 0 Å². The van der Waals surface area contributed by atoms with E-state index in [1.54, 1.807) is 48.5 Å². The van der Waals surface area contributed by atoms with E-state index < -0.39 is 34.2 Å². The van der Waals surface area contributed by atoms with Gasteiger partial charge in [-0.3, -0.25) is 0 Å². The fourth-order valence-corrected chi connectivity index (χ4v) is 4.20. The third kappa shape index (κ3) is 8.73. The molecule has 8 heteroatoms. The first-order valence-electron chi connectivity index (χ1n) is 10.6. The summed E-state index contributed by atoms with van der Waals surface area (Å²) < 4.78 is 10.6. The second-order valence-corrected chi connectivity index (χ2v) is 12.7. The van der Waals surface area contributed by atoms with E-state index in [1.165, 1.54) is 11.8 Å². The summed E-state index contributed by atoms with van der Waals surface area (Å²) >= 11 is 1.52. The van der Waals surface area contributed by atoms with E-state index in [2.05, 4.69) is 5.43 Å². The number of nitrogens with zero attached hydrogens (tertiary/aromatic N) is 1. The van der Waals surface area contributed by atoms with Crippen molar-refractivity contribution in [3.63, 3.8) is 0 Å². The Morgan fingerprint density at radius 1 is 0.906 bits per heavy atom. The Bertz CT molecular complexity index is 793. The molecule has 1 N–H and O–H groups in total. The van der Waals surface area contributed by atoms with Gasteiger partial charge in [0, 0.05) is 4.75 Å². The molecule has 32 heavy (non-hydrogen) atoms. The van der Waals surface area contributed by atoms with Crippen molar-refractivity contribution in [1.82, 2.24) is 10.4 Å². The lowest BCUT2D eigenvalue weighted by Crippen LogP contribution is -2.63. The maximum absolute atomic E-state index is 13.2. The monoisotopic (exact) mass is 466 g/mol. The average molecular weight is 467 g/mol. The smallest absolute Gasteiger partial charge is 0.430 e. The molecule has 0 radical (unpaired) electrons. The predicted molar refractivity (Wildman–Crippen MR) is 128 cm³/mol. The lowest BCUT2D eigenvalue weighted by Gasteiger charge is -2.44. The summed E-state index contributed by atoms with van der Waals surface area (Å²) in [5.74, 6) is 0. The van der Waals surface area contributed by atoms with Gasteiger partial charge in [-0.25, -0.2) is 20.0 Å². The molecule has 0 spiro atoms. The first kappa shape index (κ1) is 27.8. The number of hydrogen-bond donors (Lipinski definition) is 1. The molecule has 0 saturated heterocycles. The van der Waals surface area contributed by atoms with Crippen molar-refractivity contribution in [2.75, 3.05) is 0 Å². The van der Waals surface area contributed by atoms with E-state index in [0.717, 1.165) is 10.6 Å². The van der Waals surface area contributed by atoms with Gasteiger partial charge in [-0.15, -0.1) is 11.8 Å². The van der Waals surface area contributed by atoms with Crippen LogP contribution in [0.1, 0.15) is 80.1 Å². The molecular weight excluding hydrogens is 428 g/mol. The number of carbonyl (C=O) groups is 3. The Labute approximate surface area is 196 Å². The van der Waals surface area contributed by atoms with Crippen LogP contribution in [0.25, 0.3) is 0 Å². The summed E-state index contributed by atoms with van der Waals surface area (Å²) in [4.78, 5) is 38.5. The molecule has 0 heterocycles. The molecule has 1 aromatic carbocycles. The number of hydrazine groups is 1. The predicted octanol–water partition coefficient (Wildman–Crippen LogP) is 5.89. The summed E-state index contributed by atoms with van der Waals surface area (Å²) in [7, 11) is 0. The minimum absolute atomic E-state index is 0.254. The maximum Gasteiger partial charge on any atom is 0.430 e. The van der Waals surface area contributed by atoms with Crippen LogP contribution in [0.2, 0.25) is 0 Å². The summed E-state index contributed by atoms with van der Waals surface area (Å²) in [5, 5.41) is 0.444. The van der Waals surface area contributed by atoms with Gasteiger partial charge in [0.05, 0.1) is 5.25 Å². The number of benzene rings is 1. The minimum Gasteiger partial charge on any atom is -0.443 e. The zero-order chi connectivity index (χ0) is 25.0.